The molecule has 4 rings (SSSR count). The highest BCUT2D eigenvalue weighted by Gasteiger charge is 2.30. The molecule has 178 valence electrons. The molecule has 8 heteroatoms. The summed E-state index contributed by atoms with van der Waals surface area (Å²) in [5, 5.41) is 3.05. The first-order valence-electron chi connectivity index (χ1n) is 11.1. The number of fused-ring (bicyclic) bond motifs is 1. The number of methoxy groups -OCH3 is 2. The Balaban J connectivity index is 1.63. The summed E-state index contributed by atoms with van der Waals surface area (Å²) in [5.74, 6) is 0.343. The van der Waals surface area contributed by atoms with Crippen LogP contribution in [0, 0.1) is 0 Å². The molecule has 0 saturated heterocycles. The number of amides is 1. The van der Waals surface area contributed by atoms with Crippen LogP contribution in [0.1, 0.15) is 30.0 Å². The fourth-order valence-corrected chi connectivity index (χ4v) is 5.72. The molecule has 0 radical (unpaired) electrons. The molecule has 0 unspecified atom stereocenters. The third kappa shape index (κ3) is 4.87. The predicted molar refractivity (Wildman–Crippen MR) is 131 cm³/mol. The fraction of sp³-hybridized carbons (Fsp3) is 0.269. The lowest BCUT2D eigenvalue weighted by Crippen LogP contribution is -2.42. The molecule has 7 nitrogen and oxygen atoms in total. The smallest absolute Gasteiger partial charge is 0.264 e. The molecule has 0 bridgehead atoms. The van der Waals surface area contributed by atoms with Crippen LogP contribution in [-0.4, -0.2) is 35.1 Å². The van der Waals surface area contributed by atoms with E-state index in [-0.39, 0.29) is 23.4 Å². The number of anilines is 1. The van der Waals surface area contributed by atoms with Crippen molar-refractivity contribution < 1.29 is 22.7 Å². The number of rotatable bonds is 8. The van der Waals surface area contributed by atoms with Gasteiger partial charge in [-0.2, -0.15) is 0 Å². The summed E-state index contributed by atoms with van der Waals surface area (Å²) in [6, 6.07) is 20.9. The molecule has 1 N–H and O–H groups in total. The van der Waals surface area contributed by atoms with Crippen molar-refractivity contribution in [3.8, 4) is 11.5 Å². The average Bonchev–Trinajstić information content (AvgIpc) is 2.87. The molecule has 1 aliphatic carbocycles. The number of carbonyl (C=O) groups excluding carboxylic acids is 1. The second-order valence-electron chi connectivity index (χ2n) is 8.08. The molecule has 0 saturated carbocycles. The number of ether oxygens (including phenoxy) is 2. The minimum atomic E-state index is -4.07. The summed E-state index contributed by atoms with van der Waals surface area (Å²) in [7, 11) is -1.15. The molecular weight excluding hydrogens is 452 g/mol. The quantitative estimate of drug-likeness (QED) is 0.525. The third-order valence-corrected chi connectivity index (χ3v) is 7.75. The van der Waals surface area contributed by atoms with Crippen LogP contribution in [0.25, 0.3) is 0 Å². The van der Waals surface area contributed by atoms with Crippen LogP contribution in [0.3, 0.4) is 0 Å². The number of hydrogen-bond acceptors (Lipinski definition) is 5. The molecule has 1 amide bonds. The van der Waals surface area contributed by atoms with Gasteiger partial charge in [-0.05, 0) is 54.7 Å². The number of aryl methyl sites for hydroxylation is 1. The second kappa shape index (κ2) is 10.2. The van der Waals surface area contributed by atoms with Crippen LogP contribution in [0.15, 0.2) is 77.7 Å². The highest BCUT2D eigenvalue weighted by molar-refractivity contribution is 7.92. The monoisotopic (exact) mass is 480 g/mol. The standard InChI is InChI=1S/C26H28N2O5S/c1-32-24-16-15-21(17-25(24)33-2)34(30,31)28(20-11-4-3-5-12-20)18-26(29)27-23-14-8-10-19-9-6-7-13-22(19)23/h3-7,9,11-13,15-17,23H,8,10,14,18H2,1-2H3,(H,27,29)/t23-/m0/s1. The van der Waals surface area contributed by atoms with E-state index in [1.807, 2.05) is 18.2 Å². The number of nitrogens with one attached hydrogen (secondary N) is 1. The molecule has 0 aliphatic heterocycles. The Bertz CT molecular complexity index is 1260. The lowest BCUT2D eigenvalue weighted by atomic mass is 9.88. The van der Waals surface area contributed by atoms with E-state index in [0.29, 0.717) is 17.2 Å². The average molecular weight is 481 g/mol. The topological polar surface area (TPSA) is 84.9 Å². The van der Waals surface area contributed by atoms with E-state index in [0.717, 1.165) is 29.1 Å². The van der Waals surface area contributed by atoms with Gasteiger partial charge in [-0.15, -0.1) is 0 Å². The van der Waals surface area contributed by atoms with Gasteiger partial charge in [-0.1, -0.05) is 42.5 Å². The molecular formula is C26H28N2O5S. The number of para-hydroxylation sites is 1. The summed E-state index contributed by atoms with van der Waals surface area (Å²) in [6.45, 7) is -0.348. The third-order valence-electron chi connectivity index (χ3n) is 5.98. The van der Waals surface area contributed by atoms with Crippen molar-refractivity contribution in [1.82, 2.24) is 5.32 Å². The summed E-state index contributed by atoms with van der Waals surface area (Å²) in [6.07, 6.45) is 2.76. The van der Waals surface area contributed by atoms with Gasteiger partial charge in [0.25, 0.3) is 10.0 Å². The van der Waals surface area contributed by atoms with Gasteiger partial charge in [0.1, 0.15) is 6.54 Å². The van der Waals surface area contributed by atoms with Crippen LogP contribution < -0.4 is 19.1 Å². The lowest BCUT2D eigenvalue weighted by molar-refractivity contribution is -0.120. The minimum absolute atomic E-state index is 0.00446. The van der Waals surface area contributed by atoms with E-state index >= 15 is 0 Å². The highest BCUT2D eigenvalue weighted by Crippen LogP contribution is 2.33. The number of benzene rings is 3. The van der Waals surface area contributed by atoms with Gasteiger partial charge in [0.15, 0.2) is 11.5 Å². The molecule has 0 spiro atoms. The van der Waals surface area contributed by atoms with E-state index in [4.69, 9.17) is 9.47 Å². The van der Waals surface area contributed by atoms with Gasteiger partial charge in [-0.25, -0.2) is 8.42 Å². The van der Waals surface area contributed by atoms with E-state index in [9.17, 15) is 13.2 Å². The van der Waals surface area contributed by atoms with Crippen molar-refractivity contribution in [2.24, 2.45) is 0 Å². The Morgan fingerprint density at radius 1 is 0.971 bits per heavy atom. The highest BCUT2D eigenvalue weighted by atomic mass is 32.2. The van der Waals surface area contributed by atoms with Crippen molar-refractivity contribution in [1.29, 1.82) is 0 Å². The van der Waals surface area contributed by atoms with E-state index in [1.54, 1.807) is 30.3 Å². The maximum Gasteiger partial charge on any atom is 0.264 e. The van der Waals surface area contributed by atoms with Crippen LogP contribution in [0.4, 0.5) is 5.69 Å². The first-order chi connectivity index (χ1) is 16.4. The van der Waals surface area contributed by atoms with E-state index in [1.165, 1.54) is 38.0 Å². The molecule has 3 aromatic rings. The van der Waals surface area contributed by atoms with Crippen molar-refractivity contribution in [2.45, 2.75) is 30.2 Å². The normalized spacial score (nSPS) is 15.2. The Labute approximate surface area is 200 Å². The van der Waals surface area contributed by atoms with Crippen molar-refractivity contribution in [3.63, 3.8) is 0 Å². The van der Waals surface area contributed by atoms with Gasteiger partial charge in [0.05, 0.1) is 30.8 Å². The van der Waals surface area contributed by atoms with Crippen molar-refractivity contribution >= 4 is 21.6 Å². The summed E-state index contributed by atoms with van der Waals surface area (Å²) >= 11 is 0. The van der Waals surface area contributed by atoms with Gasteiger partial charge < -0.3 is 14.8 Å². The molecule has 1 aliphatic rings. The molecule has 0 heterocycles. The molecule has 0 fully saturated rings. The van der Waals surface area contributed by atoms with E-state index in [2.05, 4.69) is 11.4 Å². The Kier molecular flexibility index (Phi) is 7.07. The maximum atomic E-state index is 13.7. The summed E-state index contributed by atoms with van der Waals surface area (Å²) in [4.78, 5) is 13.1. The zero-order chi connectivity index (χ0) is 24.1. The number of nitrogens with zero attached hydrogens (tertiary/aromatic N) is 1. The van der Waals surface area contributed by atoms with Crippen LogP contribution in [0.2, 0.25) is 0 Å². The number of carbonyl (C=O) groups is 1. The second-order valence-corrected chi connectivity index (χ2v) is 9.94. The van der Waals surface area contributed by atoms with Gasteiger partial charge in [-0.3, -0.25) is 9.10 Å². The van der Waals surface area contributed by atoms with Crippen molar-refractivity contribution in [3.05, 3.63) is 83.9 Å². The Hall–Kier alpha value is -3.52. The molecule has 0 aromatic heterocycles. The molecule has 1 atom stereocenters. The van der Waals surface area contributed by atoms with Gasteiger partial charge in [0, 0.05) is 6.07 Å². The largest absolute Gasteiger partial charge is 0.493 e. The van der Waals surface area contributed by atoms with Crippen molar-refractivity contribution in [2.75, 3.05) is 25.1 Å². The minimum Gasteiger partial charge on any atom is -0.493 e. The first-order valence-corrected chi connectivity index (χ1v) is 12.5. The van der Waals surface area contributed by atoms with Crippen LogP contribution in [-0.2, 0) is 21.2 Å². The lowest BCUT2D eigenvalue weighted by Gasteiger charge is -2.29. The maximum absolute atomic E-state index is 13.7. The SMILES string of the molecule is COc1ccc(S(=O)(=O)N(CC(=O)N[C@H]2CCCc3ccccc32)c2ccccc2)cc1OC. The number of hydrogen-bond donors (Lipinski definition) is 1. The molecule has 3 aromatic carbocycles. The van der Waals surface area contributed by atoms with E-state index < -0.39 is 10.0 Å². The zero-order valence-corrected chi connectivity index (χ0v) is 20.0. The molecule has 34 heavy (non-hydrogen) atoms. The Morgan fingerprint density at radius 2 is 1.68 bits per heavy atom. The predicted octanol–water partition coefficient (Wildman–Crippen LogP) is 4.09. The van der Waals surface area contributed by atoms with Gasteiger partial charge in [0.2, 0.25) is 5.91 Å². The van der Waals surface area contributed by atoms with Gasteiger partial charge >= 0.3 is 0 Å². The fourth-order valence-electron chi connectivity index (χ4n) is 4.29. The summed E-state index contributed by atoms with van der Waals surface area (Å²) < 4.78 is 39.0. The van der Waals surface area contributed by atoms with Crippen LogP contribution >= 0.6 is 0 Å². The van der Waals surface area contributed by atoms with Crippen LogP contribution in [0.5, 0.6) is 11.5 Å². The first kappa shape index (κ1) is 23.6. The summed E-state index contributed by atoms with van der Waals surface area (Å²) in [5.41, 5.74) is 2.71. The Morgan fingerprint density at radius 3 is 2.41 bits per heavy atom. The number of sulfonamides is 1. The zero-order valence-electron chi connectivity index (χ0n) is 19.2.